The molecular formula is C18H22N4O3. The van der Waals surface area contributed by atoms with Gasteiger partial charge in [0, 0.05) is 32.0 Å². The normalized spacial score (nSPS) is 17.3. The van der Waals surface area contributed by atoms with Crippen molar-refractivity contribution in [2.45, 2.75) is 25.9 Å². The molecule has 0 spiro atoms. The van der Waals surface area contributed by atoms with Crippen LogP contribution in [0.5, 0.6) is 0 Å². The molecule has 1 unspecified atom stereocenters. The molecule has 3 rings (SSSR count). The van der Waals surface area contributed by atoms with Gasteiger partial charge in [-0.3, -0.25) is 9.59 Å². The van der Waals surface area contributed by atoms with E-state index in [0.717, 1.165) is 18.5 Å². The van der Waals surface area contributed by atoms with E-state index in [1.807, 2.05) is 37.3 Å². The van der Waals surface area contributed by atoms with Crippen molar-refractivity contribution in [1.29, 1.82) is 0 Å². The van der Waals surface area contributed by atoms with E-state index in [2.05, 4.69) is 10.4 Å². The summed E-state index contributed by atoms with van der Waals surface area (Å²) in [6.45, 7) is 3.57. The van der Waals surface area contributed by atoms with E-state index in [1.54, 1.807) is 21.8 Å². The number of hydrogen-bond acceptors (Lipinski definition) is 4. The van der Waals surface area contributed by atoms with Gasteiger partial charge in [-0.1, -0.05) is 18.2 Å². The molecule has 132 valence electrons. The van der Waals surface area contributed by atoms with Crippen molar-refractivity contribution in [3.05, 3.63) is 42.6 Å². The number of anilines is 1. The average Bonchev–Trinajstić information content (AvgIpc) is 3.11. The third-order valence-corrected chi connectivity index (χ3v) is 4.11. The number of aromatic nitrogens is 2. The van der Waals surface area contributed by atoms with E-state index >= 15 is 0 Å². The summed E-state index contributed by atoms with van der Waals surface area (Å²) in [7, 11) is 0. The molecule has 2 heterocycles. The Morgan fingerprint density at radius 2 is 2.08 bits per heavy atom. The molecule has 2 aromatic rings. The second-order valence-corrected chi connectivity index (χ2v) is 5.91. The van der Waals surface area contributed by atoms with Crippen LogP contribution in [0.1, 0.15) is 19.8 Å². The fourth-order valence-corrected chi connectivity index (χ4v) is 2.92. The zero-order chi connectivity index (χ0) is 17.6. The van der Waals surface area contributed by atoms with Crippen LogP contribution in [0.4, 0.5) is 5.82 Å². The Labute approximate surface area is 146 Å². The molecule has 25 heavy (non-hydrogen) atoms. The third-order valence-electron chi connectivity index (χ3n) is 4.11. The lowest BCUT2D eigenvalue weighted by atomic mass is 10.1. The predicted molar refractivity (Wildman–Crippen MR) is 93.4 cm³/mol. The quantitative estimate of drug-likeness (QED) is 0.860. The second-order valence-electron chi connectivity index (χ2n) is 5.91. The number of benzene rings is 1. The Morgan fingerprint density at radius 3 is 2.84 bits per heavy atom. The molecule has 0 bridgehead atoms. The second kappa shape index (κ2) is 7.94. The van der Waals surface area contributed by atoms with Gasteiger partial charge in [0.2, 0.25) is 0 Å². The highest BCUT2D eigenvalue weighted by Gasteiger charge is 2.28. The molecule has 1 aliphatic rings. The molecule has 0 radical (unpaired) electrons. The van der Waals surface area contributed by atoms with Crippen molar-refractivity contribution >= 4 is 17.6 Å². The van der Waals surface area contributed by atoms with Crippen molar-refractivity contribution in [3.8, 4) is 5.69 Å². The van der Waals surface area contributed by atoms with Crippen LogP contribution in [-0.2, 0) is 14.3 Å². The molecule has 1 N–H and O–H groups in total. The number of hydrogen-bond donors (Lipinski definition) is 1. The van der Waals surface area contributed by atoms with Crippen LogP contribution >= 0.6 is 0 Å². The smallest absolute Gasteiger partial charge is 0.315 e. The maximum Gasteiger partial charge on any atom is 0.315 e. The summed E-state index contributed by atoms with van der Waals surface area (Å²) in [6.07, 6.45) is 3.50. The number of piperidine rings is 1. The Hall–Kier alpha value is -2.67. The van der Waals surface area contributed by atoms with Gasteiger partial charge in [0.1, 0.15) is 0 Å². The molecule has 0 saturated carbocycles. The molecule has 1 fully saturated rings. The summed E-state index contributed by atoms with van der Waals surface area (Å²) >= 11 is 0. The van der Waals surface area contributed by atoms with Gasteiger partial charge in [0.25, 0.3) is 0 Å². The minimum absolute atomic E-state index is 0.00721. The van der Waals surface area contributed by atoms with Crippen LogP contribution in [0.3, 0.4) is 0 Å². The zero-order valence-electron chi connectivity index (χ0n) is 14.2. The predicted octanol–water partition coefficient (Wildman–Crippen LogP) is 1.84. The number of nitrogens with one attached hydrogen (secondary N) is 1. The number of amides is 2. The first-order chi connectivity index (χ1) is 12.2. The molecule has 2 amide bonds. The molecule has 1 saturated heterocycles. The van der Waals surface area contributed by atoms with Gasteiger partial charge in [-0.25, -0.2) is 4.68 Å². The standard InChI is InChI=1S/C18H22N4O3/c1-2-25-15-9-6-11-21(13-15)18(24)17(23)19-16-10-12-22(20-16)14-7-4-3-5-8-14/h3-5,7-8,10,12,15H,2,6,9,11,13H2,1H3,(H,19,20,23). The fraction of sp³-hybridized carbons (Fsp3) is 0.389. The maximum atomic E-state index is 12.4. The largest absolute Gasteiger partial charge is 0.377 e. The van der Waals surface area contributed by atoms with E-state index in [0.29, 0.717) is 25.5 Å². The number of carbonyl (C=O) groups is 2. The molecule has 1 aromatic carbocycles. The van der Waals surface area contributed by atoms with Crippen LogP contribution in [0.25, 0.3) is 5.69 Å². The fourth-order valence-electron chi connectivity index (χ4n) is 2.92. The molecule has 1 aromatic heterocycles. The van der Waals surface area contributed by atoms with Gasteiger partial charge in [0.05, 0.1) is 11.8 Å². The van der Waals surface area contributed by atoms with Crippen molar-refractivity contribution in [1.82, 2.24) is 14.7 Å². The van der Waals surface area contributed by atoms with Gasteiger partial charge in [-0.05, 0) is 31.9 Å². The van der Waals surface area contributed by atoms with E-state index in [4.69, 9.17) is 4.74 Å². The van der Waals surface area contributed by atoms with E-state index in [9.17, 15) is 9.59 Å². The first kappa shape index (κ1) is 17.2. The van der Waals surface area contributed by atoms with Gasteiger partial charge in [-0.15, -0.1) is 0 Å². The van der Waals surface area contributed by atoms with Crippen molar-refractivity contribution in [2.24, 2.45) is 0 Å². The van der Waals surface area contributed by atoms with Crippen molar-refractivity contribution in [3.63, 3.8) is 0 Å². The average molecular weight is 342 g/mol. The summed E-state index contributed by atoms with van der Waals surface area (Å²) in [4.78, 5) is 26.1. The Morgan fingerprint density at radius 1 is 1.28 bits per heavy atom. The minimum Gasteiger partial charge on any atom is -0.377 e. The van der Waals surface area contributed by atoms with Crippen LogP contribution in [0, 0.1) is 0 Å². The lowest BCUT2D eigenvalue weighted by Crippen LogP contribution is -2.47. The van der Waals surface area contributed by atoms with Gasteiger partial charge < -0.3 is 15.0 Å². The highest BCUT2D eigenvalue weighted by Crippen LogP contribution is 2.14. The molecule has 0 aliphatic carbocycles. The van der Waals surface area contributed by atoms with Crippen LogP contribution in [-0.4, -0.2) is 52.3 Å². The minimum atomic E-state index is -0.671. The van der Waals surface area contributed by atoms with Gasteiger partial charge in [-0.2, -0.15) is 5.10 Å². The van der Waals surface area contributed by atoms with E-state index < -0.39 is 11.8 Å². The number of ether oxygens (including phenoxy) is 1. The van der Waals surface area contributed by atoms with Crippen LogP contribution < -0.4 is 5.32 Å². The lowest BCUT2D eigenvalue weighted by Gasteiger charge is -2.31. The number of nitrogens with zero attached hydrogens (tertiary/aromatic N) is 3. The number of likely N-dealkylation sites (tertiary alicyclic amines) is 1. The lowest BCUT2D eigenvalue weighted by molar-refractivity contribution is -0.145. The number of rotatable bonds is 4. The SMILES string of the molecule is CCOC1CCCN(C(=O)C(=O)Nc2ccn(-c3ccccc3)n2)C1. The van der Waals surface area contributed by atoms with E-state index in [1.165, 1.54) is 0 Å². The number of carbonyl (C=O) groups excluding carboxylic acids is 2. The first-order valence-corrected chi connectivity index (χ1v) is 8.50. The molecular weight excluding hydrogens is 320 g/mol. The van der Waals surface area contributed by atoms with Gasteiger partial charge >= 0.3 is 11.8 Å². The van der Waals surface area contributed by atoms with Crippen molar-refractivity contribution in [2.75, 3.05) is 25.0 Å². The monoisotopic (exact) mass is 342 g/mol. The Kier molecular flexibility index (Phi) is 5.45. The Bertz CT molecular complexity index is 727. The van der Waals surface area contributed by atoms with Crippen LogP contribution in [0.2, 0.25) is 0 Å². The maximum absolute atomic E-state index is 12.4. The molecule has 7 heteroatoms. The van der Waals surface area contributed by atoms with Gasteiger partial charge in [0.15, 0.2) is 5.82 Å². The van der Waals surface area contributed by atoms with Crippen LogP contribution in [0.15, 0.2) is 42.6 Å². The van der Waals surface area contributed by atoms with Crippen molar-refractivity contribution < 1.29 is 14.3 Å². The van der Waals surface area contributed by atoms with E-state index in [-0.39, 0.29) is 6.10 Å². The number of para-hydroxylation sites is 1. The summed E-state index contributed by atoms with van der Waals surface area (Å²) in [5.41, 5.74) is 0.880. The Balaban J connectivity index is 1.60. The molecule has 1 aliphatic heterocycles. The highest BCUT2D eigenvalue weighted by atomic mass is 16.5. The molecule has 7 nitrogen and oxygen atoms in total. The first-order valence-electron chi connectivity index (χ1n) is 8.50. The summed E-state index contributed by atoms with van der Waals surface area (Å²) in [6, 6.07) is 11.2. The summed E-state index contributed by atoms with van der Waals surface area (Å²) in [5.74, 6) is -0.866. The topological polar surface area (TPSA) is 76.5 Å². The third kappa shape index (κ3) is 4.24. The molecule has 1 atom stereocenters. The summed E-state index contributed by atoms with van der Waals surface area (Å²) in [5, 5.41) is 6.85. The highest BCUT2D eigenvalue weighted by molar-refractivity contribution is 6.39. The summed E-state index contributed by atoms with van der Waals surface area (Å²) < 4.78 is 7.22. The zero-order valence-corrected chi connectivity index (χ0v) is 14.2.